The summed E-state index contributed by atoms with van der Waals surface area (Å²) in [5, 5.41) is 7.50. The van der Waals surface area contributed by atoms with E-state index >= 15 is 0 Å². The zero-order valence-electron chi connectivity index (χ0n) is 12.4. The maximum atomic E-state index is 5.24. The van der Waals surface area contributed by atoms with Gasteiger partial charge in [-0.3, -0.25) is 5.43 Å². The summed E-state index contributed by atoms with van der Waals surface area (Å²) in [6.45, 7) is 0. The highest BCUT2D eigenvalue weighted by molar-refractivity contribution is 7.80. The summed E-state index contributed by atoms with van der Waals surface area (Å²) in [6.07, 6.45) is 1.68. The van der Waals surface area contributed by atoms with Crippen LogP contribution in [0.15, 0.2) is 53.6 Å². The van der Waals surface area contributed by atoms with Crippen LogP contribution in [0.1, 0.15) is 5.56 Å². The molecule has 0 bridgehead atoms. The van der Waals surface area contributed by atoms with Gasteiger partial charge in [0.15, 0.2) is 5.11 Å². The number of methoxy groups -OCH3 is 2. The van der Waals surface area contributed by atoms with Crippen molar-refractivity contribution in [2.75, 3.05) is 19.5 Å². The lowest BCUT2D eigenvalue weighted by Gasteiger charge is -2.10. The van der Waals surface area contributed by atoms with Crippen LogP contribution in [0.5, 0.6) is 11.5 Å². The fraction of sp³-hybridized carbons (Fsp3) is 0.125. The van der Waals surface area contributed by atoms with Crippen molar-refractivity contribution in [3.8, 4) is 11.5 Å². The molecule has 0 radical (unpaired) electrons. The average molecular weight is 315 g/mol. The highest BCUT2D eigenvalue weighted by Crippen LogP contribution is 2.22. The summed E-state index contributed by atoms with van der Waals surface area (Å²) in [7, 11) is 3.24. The molecule has 0 fully saturated rings. The Balaban J connectivity index is 1.90. The van der Waals surface area contributed by atoms with Gasteiger partial charge in [-0.1, -0.05) is 12.1 Å². The summed E-state index contributed by atoms with van der Waals surface area (Å²) in [5.74, 6) is 1.52. The molecule has 0 unspecified atom stereocenters. The Morgan fingerprint density at radius 1 is 1.05 bits per heavy atom. The predicted molar refractivity (Wildman–Crippen MR) is 92.9 cm³/mol. The number of thiocarbonyl (C=S) groups is 1. The SMILES string of the molecule is COc1ccc(/C=N\NC(=S)Nc2ccccc2OC)cc1. The largest absolute Gasteiger partial charge is 0.497 e. The van der Waals surface area contributed by atoms with Gasteiger partial charge in [0.25, 0.3) is 0 Å². The molecule has 2 rings (SSSR count). The highest BCUT2D eigenvalue weighted by atomic mass is 32.1. The summed E-state index contributed by atoms with van der Waals surface area (Å²) in [4.78, 5) is 0. The van der Waals surface area contributed by atoms with Crippen molar-refractivity contribution in [1.82, 2.24) is 5.43 Å². The molecule has 0 amide bonds. The molecule has 0 spiro atoms. The molecule has 2 aromatic carbocycles. The van der Waals surface area contributed by atoms with Gasteiger partial charge < -0.3 is 14.8 Å². The molecule has 2 aromatic rings. The maximum absolute atomic E-state index is 5.24. The first-order valence-electron chi connectivity index (χ1n) is 6.60. The highest BCUT2D eigenvalue weighted by Gasteiger charge is 2.02. The molecule has 5 nitrogen and oxygen atoms in total. The average Bonchev–Trinajstić information content (AvgIpc) is 2.56. The van der Waals surface area contributed by atoms with Crippen LogP contribution in [0.3, 0.4) is 0 Å². The van der Waals surface area contributed by atoms with Crippen molar-refractivity contribution in [3.05, 3.63) is 54.1 Å². The van der Waals surface area contributed by atoms with E-state index in [0.29, 0.717) is 10.9 Å². The van der Waals surface area contributed by atoms with E-state index in [-0.39, 0.29) is 0 Å². The number of nitrogens with one attached hydrogen (secondary N) is 2. The maximum Gasteiger partial charge on any atom is 0.191 e. The van der Waals surface area contributed by atoms with E-state index in [0.717, 1.165) is 17.0 Å². The minimum absolute atomic E-state index is 0.384. The second kappa shape index (κ2) is 7.99. The summed E-state index contributed by atoms with van der Waals surface area (Å²) in [5.41, 5.74) is 4.48. The van der Waals surface area contributed by atoms with E-state index in [1.807, 2.05) is 48.5 Å². The van der Waals surface area contributed by atoms with Gasteiger partial charge in [0.2, 0.25) is 0 Å². The second-order valence-electron chi connectivity index (χ2n) is 4.30. The minimum atomic E-state index is 0.384. The third kappa shape index (κ3) is 4.46. The monoisotopic (exact) mass is 315 g/mol. The Kier molecular flexibility index (Phi) is 5.73. The van der Waals surface area contributed by atoms with Crippen LogP contribution in [-0.2, 0) is 0 Å². The third-order valence-corrected chi connectivity index (χ3v) is 3.04. The molecule has 0 aliphatic carbocycles. The molecule has 2 N–H and O–H groups in total. The molecule has 0 heterocycles. The van der Waals surface area contributed by atoms with Gasteiger partial charge in [-0.15, -0.1) is 0 Å². The van der Waals surface area contributed by atoms with Crippen molar-refractivity contribution in [2.24, 2.45) is 5.10 Å². The molecular formula is C16H17N3O2S. The summed E-state index contributed by atoms with van der Waals surface area (Å²) < 4.78 is 10.3. The number of hydrogen-bond donors (Lipinski definition) is 2. The van der Waals surface area contributed by atoms with E-state index in [9.17, 15) is 0 Å². The topological polar surface area (TPSA) is 54.9 Å². The number of para-hydroxylation sites is 2. The first-order valence-corrected chi connectivity index (χ1v) is 7.01. The van der Waals surface area contributed by atoms with Crippen molar-refractivity contribution < 1.29 is 9.47 Å². The molecule has 0 saturated heterocycles. The van der Waals surface area contributed by atoms with Crippen LogP contribution < -0.4 is 20.2 Å². The molecule has 0 atom stereocenters. The van der Waals surface area contributed by atoms with Crippen molar-refractivity contribution in [1.29, 1.82) is 0 Å². The molecule has 114 valence electrons. The van der Waals surface area contributed by atoms with Crippen molar-refractivity contribution in [3.63, 3.8) is 0 Å². The second-order valence-corrected chi connectivity index (χ2v) is 4.71. The first kappa shape index (κ1) is 15.8. The fourth-order valence-electron chi connectivity index (χ4n) is 1.75. The number of benzene rings is 2. The molecule has 6 heteroatoms. The Hall–Kier alpha value is -2.60. The zero-order valence-corrected chi connectivity index (χ0v) is 13.2. The van der Waals surface area contributed by atoms with Gasteiger partial charge in [0.05, 0.1) is 26.1 Å². The zero-order chi connectivity index (χ0) is 15.8. The van der Waals surface area contributed by atoms with Crippen LogP contribution in [-0.4, -0.2) is 25.5 Å². The van der Waals surface area contributed by atoms with Crippen LogP contribution in [0.2, 0.25) is 0 Å². The Labute approximate surface area is 134 Å². The summed E-state index contributed by atoms with van der Waals surface area (Å²) >= 11 is 5.19. The molecule has 0 aliphatic heterocycles. The lowest BCUT2D eigenvalue weighted by atomic mass is 10.2. The van der Waals surface area contributed by atoms with E-state index in [2.05, 4.69) is 15.8 Å². The number of anilines is 1. The fourth-order valence-corrected chi connectivity index (χ4v) is 1.92. The lowest BCUT2D eigenvalue weighted by Crippen LogP contribution is -2.24. The molecule has 0 saturated carbocycles. The number of hydrazone groups is 1. The van der Waals surface area contributed by atoms with Gasteiger partial charge in [-0.2, -0.15) is 5.10 Å². The molecule has 0 aliphatic rings. The molecular weight excluding hydrogens is 298 g/mol. The minimum Gasteiger partial charge on any atom is -0.497 e. The van der Waals surface area contributed by atoms with Gasteiger partial charge >= 0.3 is 0 Å². The smallest absolute Gasteiger partial charge is 0.191 e. The quantitative estimate of drug-likeness (QED) is 0.505. The van der Waals surface area contributed by atoms with Gasteiger partial charge in [-0.05, 0) is 54.2 Å². The van der Waals surface area contributed by atoms with Crippen LogP contribution in [0, 0.1) is 0 Å². The standard InChI is InChI=1S/C16H17N3O2S/c1-20-13-9-7-12(8-10-13)11-17-19-16(22)18-14-5-3-4-6-15(14)21-2/h3-11H,1-2H3,(H2,18,19,22)/b17-11-. The van der Waals surface area contributed by atoms with E-state index < -0.39 is 0 Å². The van der Waals surface area contributed by atoms with Gasteiger partial charge in [0.1, 0.15) is 11.5 Å². The predicted octanol–water partition coefficient (Wildman–Crippen LogP) is 3.02. The van der Waals surface area contributed by atoms with Gasteiger partial charge in [0, 0.05) is 0 Å². The van der Waals surface area contributed by atoms with Crippen LogP contribution in [0.4, 0.5) is 5.69 Å². The van der Waals surface area contributed by atoms with Crippen molar-refractivity contribution >= 4 is 29.2 Å². The lowest BCUT2D eigenvalue weighted by molar-refractivity contribution is 0.415. The van der Waals surface area contributed by atoms with Gasteiger partial charge in [-0.25, -0.2) is 0 Å². The number of nitrogens with zero attached hydrogens (tertiary/aromatic N) is 1. The number of hydrogen-bond acceptors (Lipinski definition) is 4. The summed E-state index contributed by atoms with van der Waals surface area (Å²) in [6, 6.07) is 15.1. The number of rotatable bonds is 5. The third-order valence-electron chi connectivity index (χ3n) is 2.85. The first-order chi connectivity index (χ1) is 10.7. The van der Waals surface area contributed by atoms with E-state index in [1.165, 1.54) is 0 Å². The Morgan fingerprint density at radius 2 is 1.77 bits per heavy atom. The Bertz CT molecular complexity index is 657. The van der Waals surface area contributed by atoms with E-state index in [4.69, 9.17) is 21.7 Å². The normalized spacial score (nSPS) is 10.3. The van der Waals surface area contributed by atoms with Crippen LogP contribution >= 0.6 is 12.2 Å². The Morgan fingerprint density at radius 3 is 2.45 bits per heavy atom. The number of ether oxygens (including phenoxy) is 2. The van der Waals surface area contributed by atoms with Crippen molar-refractivity contribution in [2.45, 2.75) is 0 Å². The molecule has 0 aromatic heterocycles. The van der Waals surface area contributed by atoms with Crippen LogP contribution in [0.25, 0.3) is 0 Å². The molecule has 22 heavy (non-hydrogen) atoms. The van der Waals surface area contributed by atoms with E-state index in [1.54, 1.807) is 20.4 Å².